The number of aliphatic hydroxyl groups excluding tert-OH is 1. The molecule has 0 unspecified atom stereocenters. The van der Waals surface area contributed by atoms with Crippen LogP contribution in [0.4, 0.5) is 5.69 Å². The minimum atomic E-state index is -1.14. The van der Waals surface area contributed by atoms with Crippen LogP contribution in [0.2, 0.25) is 0 Å². The average molecular weight is 519 g/mol. The summed E-state index contributed by atoms with van der Waals surface area (Å²) in [5, 5.41) is 9.01. The third kappa shape index (κ3) is 4.79. The van der Waals surface area contributed by atoms with Gasteiger partial charge in [0.1, 0.15) is 5.75 Å². The zero-order valence-corrected chi connectivity index (χ0v) is 21.6. The number of hydrogen-bond donors (Lipinski definition) is 1. The molecule has 4 aromatic carbocycles. The first-order valence-corrected chi connectivity index (χ1v) is 13.3. The Labute approximate surface area is 228 Å². The summed E-state index contributed by atoms with van der Waals surface area (Å²) >= 11 is 0. The van der Waals surface area contributed by atoms with E-state index in [4.69, 9.17) is 19.6 Å². The van der Waals surface area contributed by atoms with Crippen LogP contribution < -0.4 is 9.64 Å². The third-order valence-electron chi connectivity index (χ3n) is 7.26. The smallest absolute Gasteiger partial charge is 0.259 e. The molecule has 0 radical (unpaired) electrons. The number of ether oxygens (including phenoxy) is 2. The minimum Gasteiger partial charge on any atom is -0.494 e. The lowest BCUT2D eigenvalue weighted by Crippen LogP contribution is -2.55. The molecule has 2 aliphatic heterocycles. The van der Waals surface area contributed by atoms with Crippen LogP contribution >= 0.6 is 0 Å². The Hall–Kier alpha value is -4.42. The lowest BCUT2D eigenvalue weighted by atomic mass is 9.78. The normalized spacial score (nSPS) is 19.6. The highest BCUT2D eigenvalue weighted by molar-refractivity contribution is 6.09. The summed E-state index contributed by atoms with van der Waals surface area (Å²) in [4.78, 5) is 21.5. The number of hydrogen-bond acceptors (Lipinski definition) is 5. The second-order valence-electron chi connectivity index (χ2n) is 9.89. The molecule has 0 fully saturated rings. The van der Waals surface area contributed by atoms with Gasteiger partial charge in [0, 0.05) is 30.6 Å². The first-order valence-electron chi connectivity index (χ1n) is 13.3. The first kappa shape index (κ1) is 24.9. The first-order chi connectivity index (χ1) is 19.2. The van der Waals surface area contributed by atoms with Crippen molar-refractivity contribution >= 4 is 17.5 Å². The van der Waals surface area contributed by atoms with E-state index in [9.17, 15) is 4.79 Å². The molecule has 1 amide bonds. The molecule has 6 rings (SSSR count). The highest BCUT2D eigenvalue weighted by atomic mass is 16.5. The summed E-state index contributed by atoms with van der Waals surface area (Å²) in [6.45, 7) is 0.979. The van der Waals surface area contributed by atoms with Crippen molar-refractivity contribution in [2.24, 2.45) is 4.99 Å². The van der Waals surface area contributed by atoms with Crippen LogP contribution in [0.3, 0.4) is 0 Å². The van der Waals surface area contributed by atoms with Gasteiger partial charge < -0.3 is 19.5 Å². The summed E-state index contributed by atoms with van der Waals surface area (Å²) in [5.74, 6) is 1.08. The van der Waals surface area contributed by atoms with E-state index >= 15 is 0 Å². The van der Waals surface area contributed by atoms with Gasteiger partial charge in [0.25, 0.3) is 5.91 Å². The maximum absolute atomic E-state index is 14.6. The molecule has 2 atom stereocenters. The van der Waals surface area contributed by atoms with Crippen LogP contribution in [0.1, 0.15) is 34.8 Å². The van der Waals surface area contributed by atoms with Crippen molar-refractivity contribution in [3.63, 3.8) is 0 Å². The molecule has 2 heterocycles. The van der Waals surface area contributed by atoms with Gasteiger partial charge in [0.05, 0.1) is 18.8 Å². The van der Waals surface area contributed by atoms with Gasteiger partial charge in [-0.3, -0.25) is 4.79 Å². The number of anilines is 1. The van der Waals surface area contributed by atoms with E-state index in [1.54, 1.807) is 0 Å². The zero-order chi connectivity index (χ0) is 26.7. The van der Waals surface area contributed by atoms with Crippen molar-refractivity contribution < 1.29 is 19.4 Å². The van der Waals surface area contributed by atoms with Crippen LogP contribution in [0.25, 0.3) is 0 Å². The molecule has 0 spiro atoms. The maximum atomic E-state index is 14.6. The standard InChI is InChI=1S/C33H30N2O4/c36-20-9-21-38-27-18-16-26(17-19-27)31-34-33(22-24-10-3-1-4-11-24)30(39-31)28-14-7-8-15-29(28)35(32(33)37)23-25-12-5-2-6-13-25/h1-8,10-19,30,36H,9,20-23H2/t30-,33-/m1/s1. The summed E-state index contributed by atoms with van der Waals surface area (Å²) in [6, 6.07) is 35.6. The molecule has 1 N–H and O–H groups in total. The van der Waals surface area contributed by atoms with Crippen molar-refractivity contribution in [2.75, 3.05) is 18.1 Å². The summed E-state index contributed by atoms with van der Waals surface area (Å²) in [5.41, 5.74) is 3.52. The monoisotopic (exact) mass is 518 g/mol. The Morgan fingerprint density at radius 1 is 0.846 bits per heavy atom. The second kappa shape index (κ2) is 10.8. The zero-order valence-electron chi connectivity index (χ0n) is 21.6. The number of carbonyl (C=O) groups excluding carboxylic acids is 1. The largest absolute Gasteiger partial charge is 0.494 e. The predicted octanol–water partition coefficient (Wildman–Crippen LogP) is 5.49. The molecule has 6 nitrogen and oxygen atoms in total. The number of carbonyl (C=O) groups is 1. The molecule has 0 bridgehead atoms. The average Bonchev–Trinajstić information content (AvgIpc) is 3.37. The molecule has 0 aliphatic carbocycles. The SMILES string of the molecule is O=C1N(Cc2ccccc2)c2ccccc2[C@H]2OC(c3ccc(OCCCO)cc3)=N[C@@]12Cc1ccccc1. The Balaban J connectivity index is 1.42. The Kier molecular flexibility index (Phi) is 6.86. The highest BCUT2D eigenvalue weighted by Crippen LogP contribution is 2.50. The Bertz CT molecular complexity index is 1470. The van der Waals surface area contributed by atoms with Crippen molar-refractivity contribution in [3.8, 4) is 5.75 Å². The van der Waals surface area contributed by atoms with E-state index in [1.807, 2.05) is 114 Å². The Morgan fingerprint density at radius 3 is 2.23 bits per heavy atom. The van der Waals surface area contributed by atoms with Crippen molar-refractivity contribution in [2.45, 2.75) is 31.0 Å². The third-order valence-corrected chi connectivity index (χ3v) is 7.26. The van der Waals surface area contributed by atoms with Gasteiger partial charge in [-0.05, 0) is 41.5 Å². The Morgan fingerprint density at radius 2 is 1.51 bits per heavy atom. The van der Waals surface area contributed by atoms with Crippen LogP contribution in [0.15, 0.2) is 114 Å². The molecule has 4 aromatic rings. The van der Waals surface area contributed by atoms with Gasteiger partial charge >= 0.3 is 0 Å². The molecule has 39 heavy (non-hydrogen) atoms. The van der Waals surface area contributed by atoms with E-state index in [0.717, 1.165) is 27.9 Å². The van der Waals surface area contributed by atoms with E-state index in [0.29, 0.717) is 37.6 Å². The highest BCUT2D eigenvalue weighted by Gasteiger charge is 2.58. The molecular weight excluding hydrogens is 488 g/mol. The topological polar surface area (TPSA) is 71.4 Å². The number of rotatable bonds is 9. The maximum Gasteiger partial charge on any atom is 0.259 e. The number of aliphatic imine (C=N–C) groups is 1. The molecule has 0 saturated carbocycles. The fourth-order valence-electron chi connectivity index (χ4n) is 5.37. The van der Waals surface area contributed by atoms with Crippen LogP contribution in [-0.2, 0) is 22.5 Å². The molecule has 2 aliphatic rings. The number of aliphatic hydroxyl groups is 1. The van der Waals surface area contributed by atoms with Crippen LogP contribution in [-0.4, -0.2) is 35.7 Å². The van der Waals surface area contributed by atoms with Crippen molar-refractivity contribution in [1.82, 2.24) is 0 Å². The summed E-state index contributed by atoms with van der Waals surface area (Å²) in [6.07, 6.45) is 0.439. The lowest BCUT2D eigenvalue weighted by molar-refractivity contribution is -0.127. The van der Waals surface area contributed by atoms with E-state index in [2.05, 4.69) is 0 Å². The lowest BCUT2D eigenvalue weighted by Gasteiger charge is -2.41. The number of fused-ring (bicyclic) bond motifs is 3. The number of benzene rings is 4. The van der Waals surface area contributed by atoms with Gasteiger partial charge in [0.2, 0.25) is 5.90 Å². The van der Waals surface area contributed by atoms with Gasteiger partial charge in [-0.1, -0.05) is 78.9 Å². The van der Waals surface area contributed by atoms with Gasteiger partial charge in [-0.2, -0.15) is 0 Å². The quantitative estimate of drug-likeness (QED) is 0.297. The number of nitrogens with zero attached hydrogens (tertiary/aromatic N) is 2. The second-order valence-corrected chi connectivity index (χ2v) is 9.89. The number of amides is 1. The summed E-state index contributed by atoms with van der Waals surface area (Å²) < 4.78 is 12.3. The molecule has 6 heteroatoms. The summed E-state index contributed by atoms with van der Waals surface area (Å²) in [7, 11) is 0. The van der Waals surface area contributed by atoms with Crippen LogP contribution in [0.5, 0.6) is 5.75 Å². The molecular formula is C33H30N2O4. The fourth-order valence-corrected chi connectivity index (χ4v) is 5.37. The van der Waals surface area contributed by atoms with Gasteiger partial charge in [-0.25, -0.2) is 4.99 Å². The van der Waals surface area contributed by atoms with E-state index < -0.39 is 11.6 Å². The van der Waals surface area contributed by atoms with Gasteiger partial charge in [0.15, 0.2) is 11.6 Å². The minimum absolute atomic E-state index is 0.0714. The van der Waals surface area contributed by atoms with Crippen molar-refractivity contribution in [3.05, 3.63) is 131 Å². The van der Waals surface area contributed by atoms with E-state index in [1.165, 1.54) is 0 Å². The fraction of sp³-hybridized carbons (Fsp3) is 0.212. The van der Waals surface area contributed by atoms with Crippen LogP contribution in [0, 0.1) is 0 Å². The van der Waals surface area contributed by atoms with Crippen molar-refractivity contribution in [1.29, 1.82) is 0 Å². The predicted molar refractivity (Wildman–Crippen MR) is 151 cm³/mol. The molecule has 0 aromatic heterocycles. The molecule has 0 saturated heterocycles. The van der Waals surface area contributed by atoms with Gasteiger partial charge in [-0.15, -0.1) is 0 Å². The molecule has 196 valence electrons. The number of para-hydroxylation sites is 1. The van der Waals surface area contributed by atoms with E-state index in [-0.39, 0.29) is 12.5 Å².